The summed E-state index contributed by atoms with van der Waals surface area (Å²) in [6.07, 6.45) is 1.84. The lowest BCUT2D eigenvalue weighted by molar-refractivity contribution is -0.129. The van der Waals surface area contributed by atoms with E-state index in [9.17, 15) is 9.59 Å². The van der Waals surface area contributed by atoms with E-state index in [-0.39, 0.29) is 11.8 Å². The molecule has 1 aromatic carbocycles. The van der Waals surface area contributed by atoms with Crippen LogP contribution in [-0.4, -0.2) is 36.3 Å². The van der Waals surface area contributed by atoms with Crippen LogP contribution in [0.5, 0.6) is 0 Å². The summed E-state index contributed by atoms with van der Waals surface area (Å²) in [7, 11) is 0. The van der Waals surface area contributed by atoms with Crippen LogP contribution < -0.4 is 5.32 Å². The second kappa shape index (κ2) is 9.70. The van der Waals surface area contributed by atoms with Crippen molar-refractivity contribution in [2.24, 2.45) is 0 Å². The fourth-order valence-electron chi connectivity index (χ4n) is 2.00. The molecule has 122 valence electrons. The molecule has 0 atom stereocenters. The molecule has 4 nitrogen and oxygen atoms in total. The van der Waals surface area contributed by atoms with E-state index in [1.54, 1.807) is 17.0 Å². The van der Waals surface area contributed by atoms with Crippen molar-refractivity contribution in [1.82, 2.24) is 10.2 Å². The molecule has 0 heterocycles. The SMILES string of the molecule is CCCNC(=O)CCN(CCc1ccc(Cl)cc1Cl)C(C)=O. The molecule has 1 aromatic rings. The molecule has 0 saturated carbocycles. The first kappa shape index (κ1) is 18.8. The Kier molecular flexibility index (Phi) is 8.28. The summed E-state index contributed by atoms with van der Waals surface area (Å²) in [6.45, 7) is 5.11. The summed E-state index contributed by atoms with van der Waals surface area (Å²) < 4.78 is 0. The molecule has 6 heteroatoms. The first-order chi connectivity index (χ1) is 10.4. The van der Waals surface area contributed by atoms with E-state index < -0.39 is 0 Å². The van der Waals surface area contributed by atoms with Crippen LogP contribution in [0.1, 0.15) is 32.3 Å². The lowest BCUT2D eigenvalue weighted by Crippen LogP contribution is -2.35. The molecule has 0 aromatic heterocycles. The van der Waals surface area contributed by atoms with Gasteiger partial charge in [0.15, 0.2) is 0 Å². The number of carbonyl (C=O) groups is 2. The minimum atomic E-state index is -0.0478. The van der Waals surface area contributed by atoms with Gasteiger partial charge in [-0.05, 0) is 30.5 Å². The van der Waals surface area contributed by atoms with Gasteiger partial charge in [-0.2, -0.15) is 0 Å². The van der Waals surface area contributed by atoms with Gasteiger partial charge in [-0.25, -0.2) is 0 Å². The van der Waals surface area contributed by atoms with E-state index in [0.29, 0.717) is 42.5 Å². The van der Waals surface area contributed by atoms with Crippen LogP contribution in [0.25, 0.3) is 0 Å². The van der Waals surface area contributed by atoms with Crippen molar-refractivity contribution in [2.75, 3.05) is 19.6 Å². The molecule has 0 radical (unpaired) electrons. The molecule has 0 fully saturated rings. The summed E-state index contributed by atoms with van der Waals surface area (Å²) in [5.74, 6) is -0.0778. The summed E-state index contributed by atoms with van der Waals surface area (Å²) in [6, 6.07) is 5.32. The number of amides is 2. The molecule has 0 unspecified atom stereocenters. The van der Waals surface area contributed by atoms with E-state index in [4.69, 9.17) is 23.2 Å². The van der Waals surface area contributed by atoms with Gasteiger partial charge in [-0.3, -0.25) is 9.59 Å². The largest absolute Gasteiger partial charge is 0.356 e. The molecule has 0 aliphatic heterocycles. The Morgan fingerprint density at radius 3 is 2.55 bits per heavy atom. The smallest absolute Gasteiger partial charge is 0.221 e. The number of halogens is 2. The van der Waals surface area contributed by atoms with Gasteiger partial charge in [0.25, 0.3) is 0 Å². The molecule has 22 heavy (non-hydrogen) atoms. The molecule has 1 N–H and O–H groups in total. The lowest BCUT2D eigenvalue weighted by Gasteiger charge is -2.21. The van der Waals surface area contributed by atoms with E-state index in [0.717, 1.165) is 12.0 Å². The molecule has 0 aliphatic rings. The molecule has 0 aliphatic carbocycles. The predicted molar refractivity (Wildman–Crippen MR) is 90.3 cm³/mol. The Labute approximate surface area is 141 Å². The van der Waals surface area contributed by atoms with Crippen molar-refractivity contribution in [3.8, 4) is 0 Å². The number of nitrogens with one attached hydrogen (secondary N) is 1. The zero-order valence-corrected chi connectivity index (χ0v) is 14.5. The normalized spacial score (nSPS) is 10.4. The summed E-state index contributed by atoms with van der Waals surface area (Å²) >= 11 is 12.0. The number of hydrogen-bond donors (Lipinski definition) is 1. The standard InChI is InChI=1S/C16H22Cl2N2O2/c1-3-8-19-16(22)7-10-20(12(2)21)9-6-13-4-5-14(17)11-15(13)18/h4-5,11H,3,6-10H2,1-2H3,(H,19,22). The highest BCUT2D eigenvalue weighted by Gasteiger charge is 2.12. The second-order valence-corrected chi connectivity index (χ2v) is 5.94. The summed E-state index contributed by atoms with van der Waals surface area (Å²) in [4.78, 5) is 24.9. The van der Waals surface area contributed by atoms with Gasteiger partial charge < -0.3 is 10.2 Å². The van der Waals surface area contributed by atoms with E-state index in [2.05, 4.69) is 5.32 Å². The fourth-order valence-corrected chi connectivity index (χ4v) is 2.50. The first-order valence-corrected chi connectivity index (χ1v) is 8.15. The number of hydrogen-bond acceptors (Lipinski definition) is 2. The number of benzene rings is 1. The lowest BCUT2D eigenvalue weighted by atomic mass is 10.1. The van der Waals surface area contributed by atoms with Gasteiger partial charge in [-0.15, -0.1) is 0 Å². The van der Waals surface area contributed by atoms with Crippen molar-refractivity contribution >= 4 is 35.0 Å². The molecule has 0 saturated heterocycles. The molecule has 1 rings (SSSR count). The van der Waals surface area contributed by atoms with Crippen LogP contribution in [0, 0.1) is 0 Å². The highest BCUT2D eigenvalue weighted by molar-refractivity contribution is 6.35. The second-order valence-electron chi connectivity index (χ2n) is 5.09. The van der Waals surface area contributed by atoms with Gasteiger partial charge in [0.1, 0.15) is 0 Å². The van der Waals surface area contributed by atoms with E-state index in [1.807, 2.05) is 13.0 Å². The minimum Gasteiger partial charge on any atom is -0.356 e. The topological polar surface area (TPSA) is 49.4 Å². The van der Waals surface area contributed by atoms with Gasteiger partial charge in [-0.1, -0.05) is 36.2 Å². The first-order valence-electron chi connectivity index (χ1n) is 7.40. The summed E-state index contributed by atoms with van der Waals surface area (Å²) in [5, 5.41) is 3.98. The van der Waals surface area contributed by atoms with Crippen molar-refractivity contribution in [3.63, 3.8) is 0 Å². The average molecular weight is 345 g/mol. The number of carbonyl (C=O) groups excluding carboxylic acids is 2. The van der Waals surface area contributed by atoms with Crippen molar-refractivity contribution in [2.45, 2.75) is 33.1 Å². The van der Waals surface area contributed by atoms with E-state index >= 15 is 0 Å². The van der Waals surface area contributed by atoms with Crippen LogP contribution in [0.4, 0.5) is 0 Å². The maximum Gasteiger partial charge on any atom is 0.221 e. The Balaban J connectivity index is 2.50. The third-order valence-corrected chi connectivity index (χ3v) is 3.88. The average Bonchev–Trinajstić information content (AvgIpc) is 2.46. The van der Waals surface area contributed by atoms with Crippen LogP contribution in [0.15, 0.2) is 18.2 Å². The van der Waals surface area contributed by atoms with Crippen molar-refractivity contribution in [1.29, 1.82) is 0 Å². The van der Waals surface area contributed by atoms with Gasteiger partial charge in [0.2, 0.25) is 11.8 Å². The van der Waals surface area contributed by atoms with Crippen LogP contribution in [-0.2, 0) is 16.0 Å². The highest BCUT2D eigenvalue weighted by Crippen LogP contribution is 2.21. The Bertz CT molecular complexity index is 521. The maximum absolute atomic E-state index is 11.7. The van der Waals surface area contributed by atoms with Crippen molar-refractivity contribution < 1.29 is 9.59 Å². The predicted octanol–water partition coefficient (Wildman–Crippen LogP) is 3.30. The summed E-state index contributed by atoms with van der Waals surface area (Å²) in [5.41, 5.74) is 0.938. The Morgan fingerprint density at radius 2 is 1.95 bits per heavy atom. The van der Waals surface area contributed by atoms with Crippen LogP contribution >= 0.6 is 23.2 Å². The minimum absolute atomic E-state index is 0.0300. The van der Waals surface area contributed by atoms with Crippen LogP contribution in [0.2, 0.25) is 10.0 Å². The Hall–Kier alpha value is -1.26. The van der Waals surface area contributed by atoms with Crippen LogP contribution in [0.3, 0.4) is 0 Å². The molecule has 0 spiro atoms. The molecule has 0 bridgehead atoms. The quantitative estimate of drug-likeness (QED) is 0.786. The maximum atomic E-state index is 11.7. The monoisotopic (exact) mass is 344 g/mol. The highest BCUT2D eigenvalue weighted by atomic mass is 35.5. The molecule has 2 amide bonds. The Morgan fingerprint density at radius 1 is 1.23 bits per heavy atom. The zero-order chi connectivity index (χ0) is 16.5. The van der Waals surface area contributed by atoms with Gasteiger partial charge >= 0.3 is 0 Å². The fraction of sp³-hybridized carbons (Fsp3) is 0.500. The third-order valence-electron chi connectivity index (χ3n) is 3.29. The van der Waals surface area contributed by atoms with E-state index in [1.165, 1.54) is 6.92 Å². The molecular formula is C16H22Cl2N2O2. The van der Waals surface area contributed by atoms with Gasteiger partial charge in [0, 0.05) is 43.0 Å². The third kappa shape index (κ3) is 6.67. The van der Waals surface area contributed by atoms with Crippen molar-refractivity contribution in [3.05, 3.63) is 33.8 Å². The van der Waals surface area contributed by atoms with Gasteiger partial charge in [0.05, 0.1) is 0 Å². The number of rotatable bonds is 8. The zero-order valence-electron chi connectivity index (χ0n) is 13.0. The number of nitrogens with zero attached hydrogens (tertiary/aromatic N) is 1. The molecular weight excluding hydrogens is 323 g/mol.